The molecule has 0 amide bonds. The van der Waals surface area contributed by atoms with Crippen LogP contribution in [0.15, 0.2) is 12.2 Å². The highest BCUT2D eigenvalue weighted by Gasteiger charge is 1.94. The average molecular weight is 149 g/mol. The number of esters is 1. The van der Waals surface area contributed by atoms with Gasteiger partial charge in [0.2, 0.25) is 0 Å². The van der Waals surface area contributed by atoms with Gasteiger partial charge >= 0.3 is 5.97 Å². The molecule has 0 aromatic carbocycles. The number of rotatable bonds is 3. The van der Waals surface area contributed by atoms with Crippen molar-refractivity contribution in [1.29, 1.82) is 0 Å². The lowest BCUT2D eigenvalue weighted by Gasteiger charge is -1.94. The molecule has 0 bridgehead atoms. The van der Waals surface area contributed by atoms with E-state index in [0.717, 1.165) is 0 Å². The van der Waals surface area contributed by atoms with Crippen LogP contribution in [-0.2, 0) is 9.53 Å². The topological polar surface area (TPSA) is 26.3 Å². The van der Waals surface area contributed by atoms with Gasteiger partial charge in [-0.05, 0) is 6.92 Å². The van der Waals surface area contributed by atoms with Crippen LogP contribution in [0.25, 0.3) is 0 Å². The SMILES string of the molecule is C/C=C/COC(=O)CCl. The van der Waals surface area contributed by atoms with Crippen molar-refractivity contribution in [3.05, 3.63) is 12.2 Å². The monoisotopic (exact) mass is 148 g/mol. The van der Waals surface area contributed by atoms with E-state index in [1.807, 2.05) is 13.0 Å². The van der Waals surface area contributed by atoms with E-state index in [-0.39, 0.29) is 11.8 Å². The molecule has 0 fully saturated rings. The molecule has 0 aliphatic carbocycles. The predicted octanol–water partition coefficient (Wildman–Crippen LogP) is 1.34. The summed E-state index contributed by atoms with van der Waals surface area (Å²) in [6.07, 6.45) is 3.55. The molecule has 0 radical (unpaired) electrons. The van der Waals surface area contributed by atoms with Crippen LogP contribution in [0.1, 0.15) is 6.92 Å². The minimum absolute atomic E-state index is 0.0719. The van der Waals surface area contributed by atoms with Crippen LogP contribution < -0.4 is 0 Å². The van der Waals surface area contributed by atoms with Gasteiger partial charge in [0.1, 0.15) is 12.5 Å². The van der Waals surface area contributed by atoms with Crippen molar-refractivity contribution >= 4 is 17.6 Å². The molecule has 0 saturated carbocycles. The first-order valence-corrected chi connectivity index (χ1v) is 3.17. The Kier molecular flexibility index (Phi) is 5.32. The third-order valence-electron chi connectivity index (χ3n) is 0.685. The number of carbonyl (C=O) groups excluding carboxylic acids is 1. The van der Waals surface area contributed by atoms with Crippen molar-refractivity contribution in [3.8, 4) is 0 Å². The highest BCUT2D eigenvalue weighted by molar-refractivity contribution is 6.26. The van der Waals surface area contributed by atoms with Crippen LogP contribution in [0.4, 0.5) is 0 Å². The molecule has 52 valence electrons. The van der Waals surface area contributed by atoms with Gasteiger partial charge in [-0.25, -0.2) is 0 Å². The molecule has 3 heteroatoms. The molecule has 0 aromatic rings. The zero-order chi connectivity index (χ0) is 7.11. The highest BCUT2D eigenvalue weighted by atomic mass is 35.5. The Morgan fingerprint density at radius 3 is 2.89 bits per heavy atom. The maximum Gasteiger partial charge on any atom is 0.321 e. The fourth-order valence-electron chi connectivity index (χ4n) is 0.276. The van der Waals surface area contributed by atoms with Crippen LogP contribution in [0.2, 0.25) is 0 Å². The Bertz CT molecular complexity index is 110. The fourth-order valence-corrected chi connectivity index (χ4v) is 0.353. The second kappa shape index (κ2) is 5.63. The predicted molar refractivity (Wildman–Crippen MR) is 36.5 cm³/mol. The van der Waals surface area contributed by atoms with Gasteiger partial charge in [-0.3, -0.25) is 4.79 Å². The van der Waals surface area contributed by atoms with E-state index in [0.29, 0.717) is 6.61 Å². The standard InChI is InChI=1S/C6H9ClO2/c1-2-3-4-9-6(8)5-7/h2-3H,4-5H2,1H3/b3-2+. The van der Waals surface area contributed by atoms with Gasteiger partial charge in [-0.1, -0.05) is 12.2 Å². The number of halogens is 1. The molecule has 0 aliphatic rings. The first-order valence-electron chi connectivity index (χ1n) is 2.64. The van der Waals surface area contributed by atoms with Gasteiger partial charge in [-0.15, -0.1) is 11.6 Å². The van der Waals surface area contributed by atoms with Crippen molar-refractivity contribution in [3.63, 3.8) is 0 Å². The molecule has 0 saturated heterocycles. The summed E-state index contributed by atoms with van der Waals surface area (Å²) in [6, 6.07) is 0. The number of allylic oxidation sites excluding steroid dienone is 1. The molecular formula is C6H9ClO2. The van der Waals surface area contributed by atoms with Gasteiger partial charge in [0.05, 0.1) is 0 Å². The second-order valence-electron chi connectivity index (χ2n) is 1.39. The van der Waals surface area contributed by atoms with Gasteiger partial charge in [-0.2, -0.15) is 0 Å². The molecule has 0 spiro atoms. The zero-order valence-electron chi connectivity index (χ0n) is 5.26. The lowest BCUT2D eigenvalue weighted by molar-refractivity contribution is -0.139. The van der Waals surface area contributed by atoms with Crippen LogP contribution in [0.3, 0.4) is 0 Å². The van der Waals surface area contributed by atoms with E-state index in [1.165, 1.54) is 0 Å². The summed E-state index contributed by atoms with van der Waals surface area (Å²) in [5.74, 6) is -0.452. The third kappa shape index (κ3) is 5.37. The van der Waals surface area contributed by atoms with E-state index in [1.54, 1.807) is 6.08 Å². The van der Waals surface area contributed by atoms with E-state index >= 15 is 0 Å². The maximum absolute atomic E-state index is 10.3. The molecule has 0 rings (SSSR count). The number of carbonyl (C=O) groups is 1. The number of ether oxygens (including phenoxy) is 1. The summed E-state index contributed by atoms with van der Waals surface area (Å²) >= 11 is 5.13. The first-order chi connectivity index (χ1) is 4.31. The molecule has 0 aliphatic heterocycles. The summed E-state index contributed by atoms with van der Waals surface area (Å²) in [5, 5.41) is 0. The van der Waals surface area contributed by atoms with Gasteiger partial charge < -0.3 is 4.74 Å². The molecule has 2 nitrogen and oxygen atoms in total. The van der Waals surface area contributed by atoms with Crippen LogP contribution in [0, 0.1) is 0 Å². The van der Waals surface area contributed by atoms with Gasteiger partial charge in [0, 0.05) is 0 Å². The Morgan fingerprint density at radius 2 is 2.44 bits per heavy atom. The van der Waals surface area contributed by atoms with E-state index < -0.39 is 0 Å². The number of alkyl halides is 1. The Labute approximate surface area is 59.5 Å². The lowest BCUT2D eigenvalue weighted by atomic mass is 10.5. The summed E-state index contributed by atoms with van der Waals surface area (Å²) < 4.78 is 4.57. The van der Waals surface area contributed by atoms with Crippen LogP contribution in [-0.4, -0.2) is 18.5 Å². The van der Waals surface area contributed by atoms with E-state index in [9.17, 15) is 4.79 Å². The molecule has 0 aromatic heterocycles. The third-order valence-corrected chi connectivity index (χ3v) is 0.904. The van der Waals surface area contributed by atoms with Crippen molar-refractivity contribution in [1.82, 2.24) is 0 Å². The van der Waals surface area contributed by atoms with Gasteiger partial charge in [0.25, 0.3) is 0 Å². The smallest absolute Gasteiger partial charge is 0.321 e. The Morgan fingerprint density at radius 1 is 1.78 bits per heavy atom. The summed E-state index contributed by atoms with van der Waals surface area (Å²) in [6.45, 7) is 2.18. The second-order valence-corrected chi connectivity index (χ2v) is 1.65. The quantitative estimate of drug-likeness (QED) is 0.343. The molecular weight excluding hydrogens is 140 g/mol. The maximum atomic E-state index is 10.3. The van der Waals surface area contributed by atoms with Crippen LogP contribution in [0.5, 0.6) is 0 Å². The van der Waals surface area contributed by atoms with Crippen molar-refractivity contribution < 1.29 is 9.53 Å². The average Bonchev–Trinajstić information content (AvgIpc) is 1.89. The molecule has 0 atom stereocenters. The van der Waals surface area contributed by atoms with Crippen molar-refractivity contribution in [2.45, 2.75) is 6.92 Å². The van der Waals surface area contributed by atoms with E-state index in [4.69, 9.17) is 11.6 Å². The summed E-state index contributed by atoms with van der Waals surface area (Å²) in [5.41, 5.74) is 0. The van der Waals surface area contributed by atoms with E-state index in [2.05, 4.69) is 4.74 Å². The largest absolute Gasteiger partial charge is 0.461 e. The highest BCUT2D eigenvalue weighted by Crippen LogP contribution is 1.82. The lowest BCUT2D eigenvalue weighted by Crippen LogP contribution is -2.04. The number of hydrogen-bond acceptors (Lipinski definition) is 2. The normalized spacial score (nSPS) is 10.0. The minimum atomic E-state index is -0.380. The Balaban J connectivity index is 3.17. The van der Waals surface area contributed by atoms with Gasteiger partial charge in [0.15, 0.2) is 0 Å². The Hall–Kier alpha value is -0.500. The summed E-state index contributed by atoms with van der Waals surface area (Å²) in [7, 11) is 0. The zero-order valence-corrected chi connectivity index (χ0v) is 6.02. The fraction of sp³-hybridized carbons (Fsp3) is 0.500. The molecule has 0 N–H and O–H groups in total. The number of hydrogen-bond donors (Lipinski definition) is 0. The van der Waals surface area contributed by atoms with Crippen LogP contribution >= 0.6 is 11.6 Å². The molecule has 0 heterocycles. The first kappa shape index (κ1) is 8.50. The minimum Gasteiger partial charge on any atom is -0.461 e. The van der Waals surface area contributed by atoms with Crippen molar-refractivity contribution in [2.75, 3.05) is 12.5 Å². The molecule has 9 heavy (non-hydrogen) atoms. The summed E-state index contributed by atoms with van der Waals surface area (Å²) in [4.78, 5) is 10.3. The van der Waals surface area contributed by atoms with Crippen molar-refractivity contribution in [2.24, 2.45) is 0 Å². The molecule has 0 unspecified atom stereocenters.